The highest BCUT2D eigenvalue weighted by atomic mass is 16.2. The smallest absolute Gasteiger partial charge is 0.254 e. The molecule has 1 aromatic heterocycles. The van der Waals surface area contributed by atoms with Crippen molar-refractivity contribution in [1.82, 2.24) is 25.0 Å². The Labute approximate surface area is 116 Å². The third kappa shape index (κ3) is 1.80. The molecule has 0 spiro atoms. The van der Waals surface area contributed by atoms with Crippen LogP contribution in [0.15, 0.2) is 24.5 Å². The van der Waals surface area contributed by atoms with Gasteiger partial charge >= 0.3 is 0 Å². The fourth-order valence-electron chi connectivity index (χ4n) is 2.85. The fourth-order valence-corrected chi connectivity index (χ4v) is 2.85. The van der Waals surface area contributed by atoms with Crippen LogP contribution in [0.2, 0.25) is 0 Å². The van der Waals surface area contributed by atoms with Crippen LogP contribution >= 0.6 is 0 Å². The van der Waals surface area contributed by atoms with E-state index in [4.69, 9.17) is 0 Å². The Hall–Kier alpha value is -2.21. The molecule has 0 bridgehead atoms. The number of amides is 1. The van der Waals surface area contributed by atoms with Gasteiger partial charge in [0, 0.05) is 31.7 Å². The second kappa shape index (κ2) is 4.42. The van der Waals surface area contributed by atoms with Crippen LogP contribution in [0.25, 0.3) is 0 Å². The van der Waals surface area contributed by atoms with Gasteiger partial charge < -0.3 is 14.8 Å². The maximum atomic E-state index is 12.6. The van der Waals surface area contributed by atoms with Crippen LogP contribution in [-0.4, -0.2) is 32.1 Å². The molecule has 0 saturated heterocycles. The molecule has 6 heteroatoms. The number of hydrogen-bond donors (Lipinski definition) is 1. The van der Waals surface area contributed by atoms with E-state index in [0.29, 0.717) is 13.1 Å². The van der Waals surface area contributed by atoms with Crippen LogP contribution < -0.4 is 5.32 Å². The first-order valence-corrected chi connectivity index (χ1v) is 6.80. The van der Waals surface area contributed by atoms with E-state index in [1.807, 2.05) is 21.6 Å². The first-order chi connectivity index (χ1) is 9.81. The number of benzene rings is 1. The van der Waals surface area contributed by atoms with Gasteiger partial charge in [-0.15, -0.1) is 10.2 Å². The zero-order valence-electron chi connectivity index (χ0n) is 11.0. The average molecular weight is 269 g/mol. The van der Waals surface area contributed by atoms with Gasteiger partial charge in [0.1, 0.15) is 6.33 Å². The summed E-state index contributed by atoms with van der Waals surface area (Å²) < 4.78 is 2.00. The highest BCUT2D eigenvalue weighted by Gasteiger charge is 2.23. The first kappa shape index (κ1) is 11.6. The van der Waals surface area contributed by atoms with Crippen molar-refractivity contribution in [2.24, 2.45) is 0 Å². The number of carbonyl (C=O) groups is 1. The molecule has 0 radical (unpaired) electrons. The molecule has 2 aromatic rings. The summed E-state index contributed by atoms with van der Waals surface area (Å²) in [6, 6.07) is 5.99. The minimum atomic E-state index is 0.0777. The molecule has 2 aliphatic heterocycles. The molecule has 3 heterocycles. The van der Waals surface area contributed by atoms with Crippen molar-refractivity contribution >= 4 is 5.91 Å². The molecule has 1 aromatic carbocycles. The van der Waals surface area contributed by atoms with Crippen molar-refractivity contribution in [2.45, 2.75) is 26.2 Å². The second-order valence-corrected chi connectivity index (χ2v) is 5.25. The molecule has 2 aliphatic rings. The van der Waals surface area contributed by atoms with E-state index in [-0.39, 0.29) is 5.91 Å². The fraction of sp³-hybridized carbons (Fsp3) is 0.357. The number of rotatable bonds is 1. The molecular weight excluding hydrogens is 254 g/mol. The van der Waals surface area contributed by atoms with E-state index in [1.165, 1.54) is 11.1 Å². The maximum Gasteiger partial charge on any atom is 0.254 e. The predicted molar refractivity (Wildman–Crippen MR) is 71.7 cm³/mol. The Morgan fingerprint density at radius 3 is 3.05 bits per heavy atom. The lowest BCUT2D eigenvalue weighted by Gasteiger charge is -2.27. The van der Waals surface area contributed by atoms with Gasteiger partial charge in [0.05, 0.1) is 6.54 Å². The summed E-state index contributed by atoms with van der Waals surface area (Å²) in [5, 5.41) is 11.2. The largest absolute Gasteiger partial charge is 0.329 e. The molecule has 20 heavy (non-hydrogen) atoms. The third-order valence-electron chi connectivity index (χ3n) is 4.01. The highest BCUT2D eigenvalue weighted by Crippen LogP contribution is 2.19. The number of aromatic nitrogens is 3. The quantitative estimate of drug-likeness (QED) is 0.820. The van der Waals surface area contributed by atoms with Gasteiger partial charge in [-0.2, -0.15) is 0 Å². The van der Waals surface area contributed by atoms with E-state index in [2.05, 4.69) is 21.6 Å². The molecular formula is C14H15N5O. The highest BCUT2D eigenvalue weighted by molar-refractivity contribution is 5.94. The van der Waals surface area contributed by atoms with E-state index in [0.717, 1.165) is 31.0 Å². The van der Waals surface area contributed by atoms with E-state index < -0.39 is 0 Å². The summed E-state index contributed by atoms with van der Waals surface area (Å²) in [5.41, 5.74) is 3.29. The summed E-state index contributed by atoms with van der Waals surface area (Å²) in [6.07, 6.45) is 1.72. The molecule has 0 unspecified atom stereocenters. The van der Waals surface area contributed by atoms with Gasteiger partial charge in [0.15, 0.2) is 5.82 Å². The lowest BCUT2D eigenvalue weighted by molar-refractivity contribution is 0.0707. The molecule has 4 rings (SSSR count). The third-order valence-corrected chi connectivity index (χ3v) is 4.01. The van der Waals surface area contributed by atoms with Crippen molar-refractivity contribution in [3.05, 3.63) is 47.0 Å². The zero-order valence-corrected chi connectivity index (χ0v) is 11.0. The van der Waals surface area contributed by atoms with Crippen molar-refractivity contribution in [1.29, 1.82) is 0 Å². The minimum absolute atomic E-state index is 0.0777. The van der Waals surface area contributed by atoms with Crippen molar-refractivity contribution < 1.29 is 4.79 Å². The number of hydrogen-bond acceptors (Lipinski definition) is 4. The molecule has 102 valence electrons. The van der Waals surface area contributed by atoms with Crippen LogP contribution in [0.1, 0.15) is 27.3 Å². The number of nitrogens with one attached hydrogen (secondary N) is 1. The van der Waals surface area contributed by atoms with Crippen LogP contribution in [0.5, 0.6) is 0 Å². The number of carbonyl (C=O) groups excluding carboxylic acids is 1. The van der Waals surface area contributed by atoms with Crippen LogP contribution in [-0.2, 0) is 26.2 Å². The Bertz CT molecular complexity index is 678. The maximum absolute atomic E-state index is 12.6. The zero-order chi connectivity index (χ0) is 13.5. The normalized spacial score (nSPS) is 16.9. The lowest BCUT2D eigenvalue weighted by atomic mass is 10.1. The average Bonchev–Trinajstić information content (AvgIpc) is 3.13. The molecule has 0 fully saturated rings. The Morgan fingerprint density at radius 1 is 1.20 bits per heavy atom. The van der Waals surface area contributed by atoms with E-state index in [9.17, 15) is 4.79 Å². The molecule has 6 nitrogen and oxygen atoms in total. The standard InChI is InChI=1S/C14H15N5O/c20-14(10-1-2-11-6-15-7-12(11)5-10)18-3-4-19-9-16-17-13(19)8-18/h1-2,5,9,15H,3-4,6-8H2. The summed E-state index contributed by atoms with van der Waals surface area (Å²) in [6.45, 7) is 3.76. The Kier molecular flexibility index (Phi) is 2.56. The predicted octanol–water partition coefficient (Wildman–Crippen LogP) is 0.537. The summed E-state index contributed by atoms with van der Waals surface area (Å²) >= 11 is 0. The minimum Gasteiger partial charge on any atom is -0.329 e. The molecule has 0 atom stereocenters. The lowest BCUT2D eigenvalue weighted by Crippen LogP contribution is -2.38. The summed E-state index contributed by atoms with van der Waals surface area (Å²) in [7, 11) is 0. The topological polar surface area (TPSA) is 63.1 Å². The summed E-state index contributed by atoms with van der Waals surface area (Å²) in [4.78, 5) is 14.4. The van der Waals surface area contributed by atoms with Crippen molar-refractivity contribution in [3.8, 4) is 0 Å². The van der Waals surface area contributed by atoms with Crippen molar-refractivity contribution in [2.75, 3.05) is 6.54 Å². The van der Waals surface area contributed by atoms with Gasteiger partial charge in [0.25, 0.3) is 5.91 Å². The Morgan fingerprint density at radius 2 is 2.10 bits per heavy atom. The van der Waals surface area contributed by atoms with Gasteiger partial charge in [-0.1, -0.05) is 6.07 Å². The number of nitrogens with zero attached hydrogens (tertiary/aromatic N) is 4. The van der Waals surface area contributed by atoms with Gasteiger partial charge in [-0.3, -0.25) is 4.79 Å². The van der Waals surface area contributed by atoms with E-state index >= 15 is 0 Å². The van der Waals surface area contributed by atoms with Gasteiger partial charge in [-0.05, 0) is 23.3 Å². The van der Waals surface area contributed by atoms with E-state index in [1.54, 1.807) is 6.33 Å². The van der Waals surface area contributed by atoms with Crippen LogP contribution in [0, 0.1) is 0 Å². The molecule has 0 aliphatic carbocycles. The van der Waals surface area contributed by atoms with Gasteiger partial charge in [0.2, 0.25) is 0 Å². The molecule has 0 saturated carbocycles. The molecule has 1 amide bonds. The van der Waals surface area contributed by atoms with Crippen molar-refractivity contribution in [3.63, 3.8) is 0 Å². The SMILES string of the molecule is O=C(c1ccc2c(c1)CNC2)N1CCn2cnnc2C1. The Balaban J connectivity index is 1.59. The summed E-state index contributed by atoms with van der Waals surface area (Å²) in [5.74, 6) is 0.932. The monoisotopic (exact) mass is 269 g/mol. The second-order valence-electron chi connectivity index (χ2n) is 5.25. The first-order valence-electron chi connectivity index (χ1n) is 6.80. The van der Waals surface area contributed by atoms with Gasteiger partial charge in [-0.25, -0.2) is 0 Å². The molecule has 1 N–H and O–H groups in total. The van der Waals surface area contributed by atoms with Crippen LogP contribution in [0.4, 0.5) is 0 Å². The van der Waals surface area contributed by atoms with Crippen LogP contribution in [0.3, 0.4) is 0 Å². The number of fused-ring (bicyclic) bond motifs is 2.